The molecule has 1 rings (SSSR count). The average Bonchev–Trinajstić information content (AvgIpc) is 2.81. The monoisotopic (exact) mass is 371 g/mol. The Morgan fingerprint density at radius 3 is 2.90 bits per heavy atom. The van der Waals surface area contributed by atoms with Gasteiger partial charge in [-0.15, -0.1) is 0 Å². The Bertz CT molecular complexity index is 360. The van der Waals surface area contributed by atoms with E-state index >= 15 is 0 Å². The number of methoxy groups -OCH3 is 1. The van der Waals surface area contributed by atoms with Gasteiger partial charge in [-0.2, -0.15) is 33.9 Å². The van der Waals surface area contributed by atoms with Gasteiger partial charge in [0.05, 0.1) is 13.0 Å². The van der Waals surface area contributed by atoms with Crippen LogP contribution in [0.5, 0.6) is 0 Å². The molecule has 0 bridgehead atoms. The van der Waals surface area contributed by atoms with Gasteiger partial charge in [0.1, 0.15) is 0 Å². The molecule has 1 aliphatic rings. The van der Waals surface area contributed by atoms with Crippen molar-refractivity contribution in [3.8, 4) is 0 Å². The van der Waals surface area contributed by atoms with Gasteiger partial charge in [0.25, 0.3) is 0 Å². The van der Waals surface area contributed by atoms with Crippen LogP contribution in [0, 0.1) is 5.92 Å². The maximum Gasteiger partial charge on any atom is 0.310 e. The quantitative estimate of drug-likeness (QED) is 0.270. The van der Waals surface area contributed by atoms with Crippen LogP contribution in [0.4, 0.5) is 0 Å². The van der Waals surface area contributed by atoms with Crippen molar-refractivity contribution in [2.45, 2.75) is 37.5 Å². The molecule has 1 fully saturated rings. The zero-order valence-electron chi connectivity index (χ0n) is 12.5. The van der Waals surface area contributed by atoms with Gasteiger partial charge in [-0.3, -0.25) is 9.59 Å². The normalized spacial score (nSPS) is 20.1. The third kappa shape index (κ3) is 7.26. The van der Waals surface area contributed by atoms with E-state index in [2.05, 4.69) is 6.92 Å². The molecule has 4 nitrogen and oxygen atoms in total. The molecular weight excluding hydrogens is 349 g/mol. The van der Waals surface area contributed by atoms with Gasteiger partial charge < -0.3 is 9.64 Å². The fourth-order valence-electron chi connectivity index (χ4n) is 2.26. The van der Waals surface area contributed by atoms with Gasteiger partial charge in [0.2, 0.25) is 13.3 Å². The van der Waals surface area contributed by atoms with Crippen LogP contribution in [-0.4, -0.2) is 55.4 Å². The Morgan fingerprint density at radius 1 is 1.57 bits per heavy atom. The van der Waals surface area contributed by atoms with Gasteiger partial charge in [0, 0.05) is 24.8 Å². The number of halogens is 2. The second-order valence-electron chi connectivity index (χ2n) is 5.27. The number of amides is 1. The second kappa shape index (κ2) is 9.97. The Labute approximate surface area is 141 Å². The topological polar surface area (TPSA) is 46.6 Å². The lowest BCUT2D eigenvalue weighted by Crippen LogP contribution is -2.29. The van der Waals surface area contributed by atoms with Gasteiger partial charge in [-0.25, -0.2) is 0 Å². The van der Waals surface area contributed by atoms with E-state index in [1.165, 1.54) is 7.11 Å². The zero-order valence-corrected chi connectivity index (χ0v) is 16.0. The predicted octanol–water partition coefficient (Wildman–Crippen LogP) is 2.61. The number of rotatable bonds is 9. The van der Waals surface area contributed by atoms with Crippen LogP contribution < -0.4 is 0 Å². The molecule has 0 aromatic carbocycles. The van der Waals surface area contributed by atoms with Gasteiger partial charge in [-0.1, -0.05) is 6.92 Å². The number of hydrogen-bond acceptors (Lipinski definition) is 4. The molecule has 0 saturated carbocycles. The molecule has 0 aliphatic carbocycles. The van der Waals surface area contributed by atoms with Crippen LogP contribution >= 0.6 is 33.9 Å². The summed E-state index contributed by atoms with van der Waals surface area (Å²) in [5.74, 6) is 0.540. The number of nitrogens with zero attached hydrogens (tertiary/aromatic N) is 1. The van der Waals surface area contributed by atoms with Crippen molar-refractivity contribution < 1.29 is 14.3 Å². The number of esters is 1. The summed E-state index contributed by atoms with van der Waals surface area (Å²) in [6.45, 7) is 3.37. The summed E-state index contributed by atoms with van der Waals surface area (Å²) in [7, 11) is -0.0976. The second-order valence-corrected chi connectivity index (χ2v) is 12.0. The van der Waals surface area contributed by atoms with E-state index in [1.54, 1.807) is 4.90 Å². The summed E-state index contributed by atoms with van der Waals surface area (Å²) < 4.78 is 4.70. The zero-order chi connectivity index (χ0) is 15.8. The number of carbonyl (C=O) groups excluding carboxylic acids is 2. The standard InChI is InChI=1S/C13H23Cl2NO3SSi/c1-10(20-6-3-7-21(14)15)4-5-16-9-11(8-12(16)17)13(18)19-2/h10-11,21H,3-9H2,1-2H3. The molecule has 0 spiro atoms. The Morgan fingerprint density at radius 2 is 2.29 bits per heavy atom. The third-order valence-electron chi connectivity index (χ3n) is 3.52. The lowest BCUT2D eigenvalue weighted by molar-refractivity contribution is -0.145. The first-order chi connectivity index (χ1) is 9.93. The molecule has 2 atom stereocenters. The van der Waals surface area contributed by atoms with Crippen molar-refractivity contribution >= 4 is 53.2 Å². The molecule has 8 heteroatoms. The fourth-order valence-corrected chi connectivity index (χ4v) is 5.00. The lowest BCUT2D eigenvalue weighted by Gasteiger charge is -2.19. The smallest absolute Gasteiger partial charge is 0.310 e. The minimum Gasteiger partial charge on any atom is -0.469 e. The van der Waals surface area contributed by atoms with Gasteiger partial charge in [0.15, 0.2) is 0 Å². The molecule has 122 valence electrons. The fraction of sp³-hybridized carbons (Fsp3) is 0.846. The highest BCUT2D eigenvalue weighted by molar-refractivity contribution is 7.99. The van der Waals surface area contributed by atoms with E-state index in [0.29, 0.717) is 18.3 Å². The van der Waals surface area contributed by atoms with E-state index in [4.69, 9.17) is 26.9 Å². The van der Waals surface area contributed by atoms with Crippen molar-refractivity contribution in [3.63, 3.8) is 0 Å². The lowest BCUT2D eigenvalue weighted by atomic mass is 10.1. The van der Waals surface area contributed by atoms with Crippen LogP contribution in [-0.2, 0) is 14.3 Å². The molecule has 1 amide bonds. The van der Waals surface area contributed by atoms with E-state index in [1.807, 2.05) is 11.8 Å². The highest BCUT2D eigenvalue weighted by Gasteiger charge is 2.34. The van der Waals surface area contributed by atoms with Crippen molar-refractivity contribution in [1.29, 1.82) is 0 Å². The SMILES string of the molecule is COC(=O)C1CC(=O)N(CCC(C)SCCC[SiH](Cl)Cl)C1. The molecule has 2 unspecified atom stereocenters. The molecule has 0 radical (unpaired) electrons. The molecule has 0 aromatic heterocycles. The van der Waals surface area contributed by atoms with Crippen molar-refractivity contribution in [2.75, 3.05) is 26.0 Å². The number of thioether (sulfide) groups is 1. The maximum atomic E-state index is 11.8. The minimum absolute atomic E-state index is 0.0562. The van der Waals surface area contributed by atoms with E-state index < -0.39 is 7.42 Å². The number of ether oxygens (including phenoxy) is 1. The van der Waals surface area contributed by atoms with Crippen LogP contribution in [0.3, 0.4) is 0 Å². The highest BCUT2D eigenvalue weighted by Crippen LogP contribution is 2.22. The number of likely N-dealkylation sites (tertiary alicyclic amines) is 1. The van der Waals surface area contributed by atoms with Crippen molar-refractivity contribution in [2.24, 2.45) is 5.92 Å². The first-order valence-electron chi connectivity index (χ1n) is 7.19. The van der Waals surface area contributed by atoms with Gasteiger partial charge in [-0.05, 0) is 24.6 Å². The van der Waals surface area contributed by atoms with Crippen LogP contribution in [0.15, 0.2) is 0 Å². The molecule has 0 aromatic rings. The Hall–Kier alpha value is 0.0869. The van der Waals surface area contributed by atoms with E-state index in [0.717, 1.165) is 24.6 Å². The van der Waals surface area contributed by atoms with E-state index in [9.17, 15) is 9.59 Å². The largest absolute Gasteiger partial charge is 0.469 e. The summed E-state index contributed by atoms with van der Waals surface area (Å²) in [6.07, 6.45) is 2.28. The van der Waals surface area contributed by atoms with Crippen LogP contribution in [0.2, 0.25) is 6.04 Å². The summed E-state index contributed by atoms with van der Waals surface area (Å²) in [5.41, 5.74) is 0. The van der Waals surface area contributed by atoms with Crippen molar-refractivity contribution in [1.82, 2.24) is 4.90 Å². The maximum absolute atomic E-state index is 11.8. The summed E-state index contributed by atoms with van der Waals surface area (Å²) in [4.78, 5) is 25.1. The van der Waals surface area contributed by atoms with Gasteiger partial charge >= 0.3 is 5.97 Å². The first-order valence-corrected chi connectivity index (χ1v) is 12.5. The highest BCUT2D eigenvalue weighted by atomic mass is 35.7. The summed E-state index contributed by atoms with van der Waals surface area (Å²) in [6, 6.07) is 0.953. The average molecular weight is 372 g/mol. The van der Waals surface area contributed by atoms with Crippen LogP contribution in [0.25, 0.3) is 0 Å². The molecule has 1 heterocycles. The Kier molecular flexibility index (Phi) is 9.09. The Balaban J connectivity index is 2.19. The van der Waals surface area contributed by atoms with Crippen LogP contribution in [0.1, 0.15) is 26.2 Å². The predicted molar refractivity (Wildman–Crippen MR) is 91.5 cm³/mol. The molecular formula is C13H23Cl2NO3SSi. The van der Waals surface area contributed by atoms with Crippen molar-refractivity contribution in [3.05, 3.63) is 0 Å². The third-order valence-corrected chi connectivity index (χ3v) is 7.01. The number of hydrogen-bond donors (Lipinski definition) is 0. The molecule has 0 N–H and O–H groups in total. The minimum atomic E-state index is -1.46. The summed E-state index contributed by atoms with van der Waals surface area (Å²) in [5, 5.41) is 0.487. The molecule has 21 heavy (non-hydrogen) atoms. The van der Waals surface area contributed by atoms with E-state index in [-0.39, 0.29) is 24.2 Å². The number of carbonyl (C=O) groups is 2. The first kappa shape index (κ1) is 19.1. The molecule has 1 aliphatic heterocycles. The molecule has 1 saturated heterocycles. The summed E-state index contributed by atoms with van der Waals surface area (Å²) >= 11 is 13.5.